The first-order chi connectivity index (χ1) is 12.1. The predicted molar refractivity (Wildman–Crippen MR) is 95.5 cm³/mol. The summed E-state index contributed by atoms with van der Waals surface area (Å²) in [5.74, 6) is -0.547. The maximum Gasteiger partial charge on any atom is 0.305 e. The average Bonchev–Trinajstić information content (AvgIpc) is 2.62. The van der Waals surface area contributed by atoms with Crippen molar-refractivity contribution in [3.05, 3.63) is 65.4 Å². The molecule has 1 amide bonds. The van der Waals surface area contributed by atoms with Gasteiger partial charge < -0.3 is 14.7 Å². The van der Waals surface area contributed by atoms with Crippen molar-refractivity contribution in [1.82, 2.24) is 0 Å². The van der Waals surface area contributed by atoms with Crippen LogP contribution in [0.3, 0.4) is 0 Å². The summed E-state index contributed by atoms with van der Waals surface area (Å²) in [6.07, 6.45) is 2.51. The molecule has 1 aliphatic rings. The van der Waals surface area contributed by atoms with Crippen LogP contribution in [0.15, 0.2) is 54.3 Å². The van der Waals surface area contributed by atoms with Crippen LogP contribution in [-0.4, -0.2) is 23.5 Å². The summed E-state index contributed by atoms with van der Waals surface area (Å²) in [7, 11) is 0. The summed E-state index contributed by atoms with van der Waals surface area (Å²) in [6.45, 7) is 2.18. The molecular weight excluding hydrogens is 318 g/mol. The Morgan fingerprint density at radius 3 is 2.56 bits per heavy atom. The van der Waals surface area contributed by atoms with Crippen molar-refractivity contribution in [3.63, 3.8) is 0 Å². The lowest BCUT2D eigenvalue weighted by Gasteiger charge is -2.30. The van der Waals surface area contributed by atoms with E-state index < -0.39 is 5.97 Å². The number of anilines is 1. The average molecular weight is 337 g/mol. The van der Waals surface area contributed by atoms with Crippen LogP contribution in [0.5, 0.6) is 5.75 Å². The normalized spacial score (nSPS) is 15.0. The lowest BCUT2D eigenvalue weighted by Crippen LogP contribution is -2.38. The van der Waals surface area contributed by atoms with Crippen molar-refractivity contribution in [2.45, 2.75) is 19.8 Å². The van der Waals surface area contributed by atoms with E-state index in [1.165, 1.54) is 10.5 Å². The van der Waals surface area contributed by atoms with Gasteiger partial charge in [0.25, 0.3) is 5.91 Å². The van der Waals surface area contributed by atoms with Crippen LogP contribution in [0.4, 0.5) is 5.69 Å². The number of amides is 1. The minimum absolute atomic E-state index is 0.0979. The third-order valence-corrected chi connectivity index (χ3v) is 4.07. The zero-order valence-electron chi connectivity index (χ0n) is 13.9. The first-order valence-electron chi connectivity index (χ1n) is 8.19. The number of para-hydroxylation sites is 2. The minimum Gasteiger partial charge on any atom is -0.481 e. The number of nitrogens with zero attached hydrogens (tertiary/aromatic N) is 1. The number of carboxylic acids is 1. The van der Waals surface area contributed by atoms with Crippen molar-refractivity contribution in [3.8, 4) is 5.75 Å². The number of benzene rings is 2. The molecule has 0 aromatic heterocycles. The van der Waals surface area contributed by atoms with E-state index in [1.54, 1.807) is 24.3 Å². The van der Waals surface area contributed by atoms with E-state index in [0.717, 1.165) is 12.0 Å². The third-order valence-electron chi connectivity index (χ3n) is 4.07. The van der Waals surface area contributed by atoms with Crippen LogP contribution in [-0.2, 0) is 16.0 Å². The highest BCUT2D eigenvalue weighted by Crippen LogP contribution is 2.35. The quantitative estimate of drug-likeness (QED) is 0.848. The standard InChI is InChI=1S/C20H19NO4/c1-2-14-7-9-15(10-8-14)13-18-20(24)21(12-11-19(22)23)16-5-3-4-6-17(16)25-18/h3-10,13H,2,11-12H2,1H3,(H,22,23)/b18-13+. The van der Waals surface area contributed by atoms with Crippen molar-refractivity contribution in [2.24, 2.45) is 0 Å². The Bertz CT molecular complexity index is 824. The summed E-state index contributed by atoms with van der Waals surface area (Å²) in [5.41, 5.74) is 2.66. The van der Waals surface area contributed by atoms with E-state index in [0.29, 0.717) is 11.4 Å². The molecule has 0 spiro atoms. The second-order valence-electron chi connectivity index (χ2n) is 5.77. The number of fused-ring (bicyclic) bond motifs is 1. The molecule has 3 rings (SSSR count). The Kier molecular flexibility index (Phi) is 4.84. The molecule has 0 radical (unpaired) electrons. The number of aryl methyl sites for hydroxylation is 1. The van der Waals surface area contributed by atoms with E-state index in [9.17, 15) is 9.59 Å². The number of aliphatic carboxylic acids is 1. The highest BCUT2D eigenvalue weighted by molar-refractivity contribution is 6.10. The molecule has 1 heterocycles. The molecule has 128 valence electrons. The molecule has 0 fully saturated rings. The number of carboxylic acid groups (broad SMARTS) is 1. The van der Waals surface area contributed by atoms with E-state index in [1.807, 2.05) is 30.3 Å². The van der Waals surface area contributed by atoms with Crippen LogP contribution >= 0.6 is 0 Å². The number of hydrogen-bond acceptors (Lipinski definition) is 3. The summed E-state index contributed by atoms with van der Waals surface area (Å²) in [4.78, 5) is 25.1. The van der Waals surface area contributed by atoms with Gasteiger partial charge >= 0.3 is 5.97 Å². The maximum atomic E-state index is 12.8. The SMILES string of the molecule is CCc1ccc(/C=C2/Oc3ccccc3N(CCC(=O)O)C2=O)cc1. The second kappa shape index (κ2) is 7.21. The van der Waals surface area contributed by atoms with Crippen LogP contribution < -0.4 is 9.64 Å². The Hall–Kier alpha value is -3.08. The number of rotatable bonds is 5. The van der Waals surface area contributed by atoms with Gasteiger partial charge in [-0.1, -0.05) is 43.3 Å². The summed E-state index contributed by atoms with van der Waals surface area (Å²) in [6, 6.07) is 15.0. The molecule has 25 heavy (non-hydrogen) atoms. The van der Waals surface area contributed by atoms with E-state index in [2.05, 4.69) is 6.92 Å². The van der Waals surface area contributed by atoms with Crippen molar-refractivity contribution < 1.29 is 19.4 Å². The molecule has 2 aromatic carbocycles. The molecule has 0 bridgehead atoms. The number of carbonyl (C=O) groups excluding carboxylic acids is 1. The van der Waals surface area contributed by atoms with Crippen molar-refractivity contribution >= 4 is 23.6 Å². The van der Waals surface area contributed by atoms with Crippen LogP contribution in [0.1, 0.15) is 24.5 Å². The predicted octanol–water partition coefficient (Wildman–Crippen LogP) is 3.49. The first kappa shape index (κ1) is 16.8. The smallest absolute Gasteiger partial charge is 0.305 e. The van der Waals surface area contributed by atoms with E-state index in [-0.39, 0.29) is 24.6 Å². The molecule has 5 heteroatoms. The number of ether oxygens (including phenoxy) is 1. The van der Waals surface area contributed by atoms with Gasteiger partial charge in [0, 0.05) is 6.54 Å². The molecule has 1 N–H and O–H groups in total. The van der Waals surface area contributed by atoms with Gasteiger partial charge in [0.05, 0.1) is 12.1 Å². The number of carbonyl (C=O) groups is 2. The molecule has 0 saturated heterocycles. The molecule has 0 aliphatic carbocycles. The lowest BCUT2D eigenvalue weighted by molar-refractivity contribution is -0.136. The zero-order chi connectivity index (χ0) is 17.8. The van der Waals surface area contributed by atoms with Crippen LogP contribution in [0.2, 0.25) is 0 Å². The summed E-state index contributed by atoms with van der Waals surface area (Å²) >= 11 is 0. The van der Waals surface area contributed by atoms with Gasteiger partial charge in [-0.15, -0.1) is 0 Å². The zero-order valence-corrected chi connectivity index (χ0v) is 13.9. The summed E-state index contributed by atoms with van der Waals surface area (Å²) < 4.78 is 5.76. The van der Waals surface area contributed by atoms with Crippen LogP contribution in [0.25, 0.3) is 6.08 Å². The second-order valence-corrected chi connectivity index (χ2v) is 5.77. The largest absolute Gasteiger partial charge is 0.481 e. The Morgan fingerprint density at radius 2 is 1.88 bits per heavy atom. The van der Waals surface area contributed by atoms with Gasteiger partial charge in [-0.05, 0) is 35.8 Å². The highest BCUT2D eigenvalue weighted by atomic mass is 16.5. The van der Waals surface area contributed by atoms with Gasteiger partial charge in [-0.2, -0.15) is 0 Å². The fraction of sp³-hybridized carbons (Fsp3) is 0.200. The molecule has 0 saturated carbocycles. The Labute approximate surface area is 146 Å². The van der Waals surface area contributed by atoms with Gasteiger partial charge in [-0.25, -0.2) is 0 Å². The van der Waals surface area contributed by atoms with Crippen molar-refractivity contribution in [2.75, 3.05) is 11.4 Å². The van der Waals surface area contributed by atoms with Gasteiger partial charge in [0.15, 0.2) is 11.5 Å². The van der Waals surface area contributed by atoms with Crippen LogP contribution in [0, 0.1) is 0 Å². The molecular formula is C20H19NO4. The molecule has 2 aromatic rings. The molecule has 5 nitrogen and oxygen atoms in total. The Morgan fingerprint density at radius 1 is 1.16 bits per heavy atom. The Balaban J connectivity index is 1.94. The lowest BCUT2D eigenvalue weighted by atomic mass is 10.1. The van der Waals surface area contributed by atoms with Gasteiger partial charge in [-0.3, -0.25) is 9.59 Å². The fourth-order valence-electron chi connectivity index (χ4n) is 2.69. The van der Waals surface area contributed by atoms with E-state index in [4.69, 9.17) is 9.84 Å². The number of hydrogen-bond donors (Lipinski definition) is 1. The summed E-state index contributed by atoms with van der Waals surface area (Å²) in [5, 5.41) is 8.94. The topological polar surface area (TPSA) is 66.8 Å². The molecule has 0 atom stereocenters. The van der Waals surface area contributed by atoms with E-state index >= 15 is 0 Å². The molecule has 0 unspecified atom stereocenters. The maximum absolute atomic E-state index is 12.8. The fourth-order valence-corrected chi connectivity index (χ4v) is 2.69. The first-order valence-corrected chi connectivity index (χ1v) is 8.19. The molecule has 1 aliphatic heterocycles. The minimum atomic E-state index is -0.947. The van der Waals surface area contributed by atoms with Gasteiger partial charge in [0.2, 0.25) is 0 Å². The third kappa shape index (κ3) is 3.71. The monoisotopic (exact) mass is 337 g/mol. The van der Waals surface area contributed by atoms with Crippen molar-refractivity contribution in [1.29, 1.82) is 0 Å². The highest BCUT2D eigenvalue weighted by Gasteiger charge is 2.30. The van der Waals surface area contributed by atoms with Gasteiger partial charge in [0.1, 0.15) is 0 Å².